The lowest BCUT2D eigenvalue weighted by Gasteiger charge is -2.34. The fourth-order valence-corrected chi connectivity index (χ4v) is 8.18. The van der Waals surface area contributed by atoms with Crippen molar-refractivity contribution in [2.75, 3.05) is 53.2 Å². The molecule has 0 amide bonds. The summed E-state index contributed by atoms with van der Waals surface area (Å²) in [6.07, 6.45) is 15.2. The zero-order valence-corrected chi connectivity index (χ0v) is 31.8. The number of aliphatic imine (C=N–C) groups is 4. The predicted octanol–water partition coefficient (Wildman–Crippen LogP) is 9.28. The van der Waals surface area contributed by atoms with E-state index in [0.717, 1.165) is 77.3 Å². The largest absolute Gasteiger partial charge is 0.500 e. The number of nitrogens with one attached hydrogen (secondary N) is 2. The first-order valence-corrected chi connectivity index (χ1v) is 19.8. The third kappa shape index (κ3) is 6.69. The van der Waals surface area contributed by atoms with E-state index in [-0.39, 0.29) is 5.92 Å². The summed E-state index contributed by atoms with van der Waals surface area (Å²) in [7, 11) is 0. The summed E-state index contributed by atoms with van der Waals surface area (Å²) in [4.78, 5) is 27.4. The average Bonchev–Trinajstić information content (AvgIpc) is 4.01. The normalized spacial score (nSPS) is 20.3. The predicted molar refractivity (Wildman–Crippen MR) is 224 cm³/mol. The Balaban J connectivity index is 1.10. The molecule has 12 nitrogen and oxygen atoms in total. The van der Waals surface area contributed by atoms with Crippen LogP contribution >= 0.6 is 0 Å². The molecule has 10 rings (SSSR count). The highest BCUT2D eigenvalue weighted by Gasteiger charge is 2.35. The van der Waals surface area contributed by atoms with Crippen LogP contribution in [0.4, 0.5) is 34.5 Å². The van der Waals surface area contributed by atoms with Crippen molar-refractivity contribution in [2.45, 2.75) is 52.4 Å². The summed E-state index contributed by atoms with van der Waals surface area (Å²) in [5, 5.41) is 7.17. The standard InChI is InChI=1S/C44H45N9O3/c1-28-9-15-40(55-28)45-36-23-31(51-18-5-3-6-19-51)11-13-34(36)38-25-33-26-39(48-44-50-42(30-17-22-54-27-30)49-43(47-38)53(33)44)35-14-12-32(52-20-7-4-8-21-52)24-37(35)46-41-16-10-29(2)56-41/h9-17,22-26,30,45-46H,3-8,18-21,27H2,1-2H3. The van der Waals surface area contributed by atoms with Crippen LogP contribution in [0.5, 0.6) is 0 Å². The second-order valence-corrected chi connectivity index (χ2v) is 15.1. The molecule has 2 fully saturated rings. The highest BCUT2D eigenvalue weighted by atomic mass is 16.5. The van der Waals surface area contributed by atoms with Crippen LogP contribution in [0.1, 0.15) is 61.2 Å². The van der Waals surface area contributed by atoms with Crippen LogP contribution in [0.2, 0.25) is 0 Å². The van der Waals surface area contributed by atoms with Crippen LogP contribution in [-0.4, -0.2) is 61.2 Å². The van der Waals surface area contributed by atoms with Crippen LogP contribution in [0, 0.1) is 19.8 Å². The first-order valence-electron chi connectivity index (χ1n) is 19.8. The smallest absolute Gasteiger partial charge is 0.239 e. The lowest BCUT2D eigenvalue weighted by atomic mass is 10.0. The molecule has 1 atom stereocenters. The van der Waals surface area contributed by atoms with Crippen LogP contribution < -0.4 is 20.4 Å². The summed E-state index contributed by atoms with van der Waals surface area (Å²) < 4.78 is 17.6. The maximum absolute atomic E-state index is 6.02. The van der Waals surface area contributed by atoms with Crippen molar-refractivity contribution in [2.24, 2.45) is 25.9 Å². The number of hydrogen-bond acceptors (Lipinski definition) is 12. The molecular weight excluding hydrogens is 703 g/mol. The lowest BCUT2D eigenvalue weighted by Crippen LogP contribution is -2.43. The van der Waals surface area contributed by atoms with Crippen molar-refractivity contribution in [3.8, 4) is 0 Å². The van der Waals surface area contributed by atoms with Gasteiger partial charge in [0.1, 0.15) is 24.0 Å². The lowest BCUT2D eigenvalue weighted by molar-refractivity contribution is 0.267. The van der Waals surface area contributed by atoms with E-state index in [4.69, 9.17) is 33.5 Å². The number of ether oxygens (including phenoxy) is 1. The van der Waals surface area contributed by atoms with Gasteiger partial charge >= 0.3 is 0 Å². The number of aryl methyl sites for hydroxylation is 2. The van der Waals surface area contributed by atoms with E-state index < -0.39 is 0 Å². The highest BCUT2D eigenvalue weighted by molar-refractivity contribution is 6.25. The van der Waals surface area contributed by atoms with Gasteiger partial charge in [-0.15, -0.1) is 0 Å². The quantitative estimate of drug-likeness (QED) is 0.174. The van der Waals surface area contributed by atoms with E-state index in [9.17, 15) is 0 Å². The number of rotatable bonds is 9. The van der Waals surface area contributed by atoms with Gasteiger partial charge in [-0.1, -0.05) is 0 Å². The summed E-state index contributed by atoms with van der Waals surface area (Å²) >= 11 is 0. The molecule has 0 spiro atoms. The third-order valence-corrected chi connectivity index (χ3v) is 11.1. The van der Waals surface area contributed by atoms with Gasteiger partial charge in [-0.25, -0.2) is 14.9 Å². The minimum atomic E-state index is -0.110. The monoisotopic (exact) mass is 747 g/mol. The molecule has 6 aliphatic heterocycles. The van der Waals surface area contributed by atoms with E-state index in [1.165, 1.54) is 49.9 Å². The highest BCUT2D eigenvalue weighted by Crippen LogP contribution is 2.39. The number of allylic oxidation sites excluding steroid dienone is 2. The zero-order chi connectivity index (χ0) is 37.6. The van der Waals surface area contributed by atoms with Gasteiger partial charge in [0.15, 0.2) is 11.8 Å². The topological polar surface area (TPSA) is 119 Å². The van der Waals surface area contributed by atoms with Gasteiger partial charge in [0.05, 0.1) is 40.7 Å². The number of hydrogen-bond donors (Lipinski definition) is 2. The molecule has 12 heteroatoms. The minimum absolute atomic E-state index is 0.110. The first kappa shape index (κ1) is 34.2. The molecule has 4 aromatic rings. The molecule has 0 bridgehead atoms. The Morgan fingerprint density at radius 3 is 1.82 bits per heavy atom. The first-order chi connectivity index (χ1) is 27.5. The Kier molecular flexibility index (Phi) is 8.80. The Labute approximate surface area is 326 Å². The molecule has 0 saturated carbocycles. The Morgan fingerprint density at radius 2 is 1.23 bits per heavy atom. The summed E-state index contributed by atoms with van der Waals surface area (Å²) in [5.74, 6) is 4.57. The van der Waals surface area contributed by atoms with Gasteiger partial charge in [-0.3, -0.25) is 0 Å². The van der Waals surface area contributed by atoms with Crippen molar-refractivity contribution >= 4 is 63.7 Å². The Hall–Kier alpha value is -6.30. The fraction of sp³-hybridized carbons (Fsp3) is 0.318. The molecule has 284 valence electrons. The number of amidine groups is 1. The minimum Gasteiger partial charge on any atom is -0.500 e. The van der Waals surface area contributed by atoms with E-state index >= 15 is 0 Å². The van der Waals surface area contributed by atoms with Crippen molar-refractivity contribution in [1.29, 1.82) is 0 Å². The molecular formula is C44H45N9O3. The Morgan fingerprint density at radius 1 is 0.625 bits per heavy atom. The van der Waals surface area contributed by atoms with E-state index in [1.54, 1.807) is 6.26 Å². The molecule has 1 unspecified atom stereocenters. The van der Waals surface area contributed by atoms with Gasteiger partial charge in [-0.2, -0.15) is 9.98 Å². The Bertz CT molecular complexity index is 2290. The van der Waals surface area contributed by atoms with Crippen molar-refractivity contribution in [3.05, 3.63) is 113 Å². The van der Waals surface area contributed by atoms with Gasteiger partial charge in [0.2, 0.25) is 11.9 Å². The van der Waals surface area contributed by atoms with Crippen LogP contribution in [0.15, 0.2) is 120 Å². The van der Waals surface area contributed by atoms with Crippen molar-refractivity contribution in [3.63, 3.8) is 0 Å². The van der Waals surface area contributed by atoms with Crippen molar-refractivity contribution < 1.29 is 13.6 Å². The maximum atomic E-state index is 6.02. The number of piperidine rings is 2. The molecule has 8 heterocycles. The third-order valence-electron chi connectivity index (χ3n) is 11.1. The van der Waals surface area contributed by atoms with Crippen LogP contribution in [0.25, 0.3) is 5.70 Å². The van der Waals surface area contributed by atoms with E-state index in [1.807, 2.05) is 49.1 Å². The van der Waals surface area contributed by atoms with Crippen LogP contribution in [-0.2, 0) is 4.74 Å². The SMILES string of the molecule is Cc1ccc(Nc2cc(N3CCCCC3)ccc2C2=CC3=CC(c4ccc(N5CCCCC5)cc4Nc4ccc(C)o4)=NC4=NC(C5C=COC5)=NC(=N2)N34)o1. The van der Waals surface area contributed by atoms with Gasteiger partial charge in [0, 0.05) is 60.8 Å². The van der Waals surface area contributed by atoms with Gasteiger partial charge in [-0.05, 0) is 119 Å². The van der Waals surface area contributed by atoms with Gasteiger partial charge < -0.3 is 34.0 Å². The molecule has 2 aromatic carbocycles. The number of benzene rings is 2. The van der Waals surface area contributed by atoms with Crippen molar-refractivity contribution in [1.82, 2.24) is 4.90 Å². The second-order valence-electron chi connectivity index (χ2n) is 15.1. The number of guanidine groups is 2. The zero-order valence-electron chi connectivity index (χ0n) is 31.8. The maximum Gasteiger partial charge on any atom is 0.239 e. The molecule has 6 aliphatic rings. The average molecular weight is 748 g/mol. The molecule has 2 aromatic heterocycles. The van der Waals surface area contributed by atoms with Crippen LogP contribution in [0.3, 0.4) is 0 Å². The molecule has 2 saturated heterocycles. The fourth-order valence-electron chi connectivity index (χ4n) is 8.18. The number of furan rings is 2. The number of anilines is 6. The summed E-state index contributed by atoms with van der Waals surface area (Å²) in [6, 6.07) is 21.0. The molecule has 56 heavy (non-hydrogen) atoms. The number of nitrogens with zero attached hydrogens (tertiary/aromatic N) is 7. The summed E-state index contributed by atoms with van der Waals surface area (Å²) in [5.41, 5.74) is 8.45. The second kappa shape index (κ2) is 14.4. The molecule has 2 N–H and O–H groups in total. The van der Waals surface area contributed by atoms with E-state index in [2.05, 4.69) is 69.0 Å². The summed E-state index contributed by atoms with van der Waals surface area (Å²) in [6.45, 7) is 8.55. The molecule has 0 radical (unpaired) electrons. The van der Waals surface area contributed by atoms with Gasteiger partial charge in [0.25, 0.3) is 0 Å². The van der Waals surface area contributed by atoms with E-state index in [0.29, 0.717) is 36.1 Å². The molecule has 0 aliphatic carbocycles.